The monoisotopic (exact) mass is 260 g/mol. The topological polar surface area (TPSA) is 70.5 Å². The largest absolute Gasteiger partial charge is 0.478 e. The number of amides is 1. The highest BCUT2D eigenvalue weighted by Gasteiger charge is 2.27. The molecule has 1 saturated carbocycles. The van der Waals surface area contributed by atoms with Crippen LogP contribution in [0, 0.1) is 0 Å². The van der Waals surface area contributed by atoms with Crippen molar-refractivity contribution in [2.75, 3.05) is 7.05 Å². The van der Waals surface area contributed by atoms with Crippen LogP contribution in [0.3, 0.4) is 0 Å². The zero-order valence-corrected chi connectivity index (χ0v) is 10.7. The van der Waals surface area contributed by atoms with Gasteiger partial charge < -0.3 is 10.0 Å². The lowest BCUT2D eigenvalue weighted by atomic mass is 9.91. The number of carboxylic acid groups (broad SMARTS) is 1. The lowest BCUT2D eigenvalue weighted by Gasteiger charge is -2.35. The van der Waals surface area contributed by atoms with E-state index in [4.69, 9.17) is 5.11 Å². The molecule has 19 heavy (non-hydrogen) atoms. The Morgan fingerprint density at radius 3 is 2.79 bits per heavy atom. The molecule has 0 unspecified atom stereocenters. The van der Waals surface area contributed by atoms with E-state index in [0.29, 0.717) is 17.2 Å². The number of pyridine rings is 1. The van der Waals surface area contributed by atoms with Gasteiger partial charge in [0.05, 0.1) is 0 Å². The van der Waals surface area contributed by atoms with Crippen LogP contribution in [0.5, 0.6) is 0 Å². The van der Waals surface area contributed by atoms with Gasteiger partial charge in [-0.3, -0.25) is 9.78 Å². The van der Waals surface area contributed by atoms with Gasteiger partial charge in [-0.15, -0.1) is 0 Å². The number of carbonyl (C=O) groups is 2. The summed E-state index contributed by atoms with van der Waals surface area (Å²) >= 11 is 0. The third kappa shape index (κ3) is 2.99. The van der Waals surface area contributed by atoms with E-state index < -0.39 is 5.97 Å². The minimum atomic E-state index is -1.05. The van der Waals surface area contributed by atoms with Gasteiger partial charge in [0, 0.05) is 42.7 Å². The van der Waals surface area contributed by atoms with Gasteiger partial charge in [-0.25, -0.2) is 4.79 Å². The minimum Gasteiger partial charge on any atom is -0.478 e. The van der Waals surface area contributed by atoms with E-state index >= 15 is 0 Å². The molecule has 1 amide bonds. The summed E-state index contributed by atoms with van der Waals surface area (Å²) < 4.78 is 0. The molecular weight excluding hydrogens is 244 g/mol. The Bertz CT molecular complexity index is 521. The molecule has 1 heterocycles. The van der Waals surface area contributed by atoms with Crippen molar-refractivity contribution < 1.29 is 14.7 Å². The molecule has 1 fully saturated rings. The van der Waals surface area contributed by atoms with Crippen LogP contribution in [-0.4, -0.2) is 40.0 Å². The first-order chi connectivity index (χ1) is 9.09. The second kappa shape index (κ2) is 5.65. The average molecular weight is 260 g/mol. The van der Waals surface area contributed by atoms with Gasteiger partial charge in [-0.05, 0) is 31.4 Å². The lowest BCUT2D eigenvalue weighted by molar-refractivity contribution is -0.131. The summed E-state index contributed by atoms with van der Waals surface area (Å²) in [6.07, 6.45) is 8.68. The molecule has 5 nitrogen and oxygen atoms in total. The summed E-state index contributed by atoms with van der Waals surface area (Å²) in [5, 5.41) is 8.65. The third-order valence-corrected chi connectivity index (χ3v) is 3.43. The number of carboxylic acids is 1. The Kier molecular flexibility index (Phi) is 3.94. The standard InChI is InChI=1S/C14H16N2O3/c1-16(11-3-2-4-11)14(19)12-7-8-15-9-10(12)5-6-13(17)18/h5-9,11H,2-4H2,1H3,(H,17,18)/b6-5+. The van der Waals surface area contributed by atoms with Crippen LogP contribution in [0.25, 0.3) is 6.08 Å². The Labute approximate surface area is 111 Å². The van der Waals surface area contributed by atoms with Crippen LogP contribution in [-0.2, 0) is 4.79 Å². The summed E-state index contributed by atoms with van der Waals surface area (Å²) in [7, 11) is 1.79. The van der Waals surface area contributed by atoms with Gasteiger partial charge in [0.2, 0.25) is 0 Å². The average Bonchev–Trinajstić information content (AvgIpc) is 2.33. The zero-order valence-electron chi connectivity index (χ0n) is 10.7. The van der Waals surface area contributed by atoms with E-state index in [0.717, 1.165) is 25.3 Å². The molecule has 0 spiro atoms. The molecule has 1 aliphatic carbocycles. The van der Waals surface area contributed by atoms with Gasteiger partial charge in [-0.2, -0.15) is 0 Å². The van der Waals surface area contributed by atoms with Crippen molar-refractivity contribution in [1.82, 2.24) is 9.88 Å². The molecule has 0 aliphatic heterocycles. The van der Waals surface area contributed by atoms with E-state index in [-0.39, 0.29) is 5.91 Å². The lowest BCUT2D eigenvalue weighted by Crippen LogP contribution is -2.41. The summed E-state index contributed by atoms with van der Waals surface area (Å²) in [4.78, 5) is 28.6. The molecule has 1 N–H and O–H groups in total. The molecule has 1 aliphatic rings. The Hall–Kier alpha value is -2.17. The number of nitrogens with zero attached hydrogens (tertiary/aromatic N) is 2. The predicted octanol–water partition coefficient (Wildman–Crippen LogP) is 1.80. The van der Waals surface area contributed by atoms with Gasteiger partial charge in [0.1, 0.15) is 0 Å². The molecule has 0 saturated heterocycles. The second-order valence-corrected chi connectivity index (χ2v) is 4.64. The molecule has 5 heteroatoms. The second-order valence-electron chi connectivity index (χ2n) is 4.64. The fraction of sp³-hybridized carbons (Fsp3) is 0.357. The van der Waals surface area contributed by atoms with Gasteiger partial charge in [0.15, 0.2) is 0 Å². The highest BCUT2D eigenvalue weighted by molar-refractivity contribution is 5.98. The maximum atomic E-state index is 12.4. The molecule has 0 aromatic carbocycles. The molecule has 100 valence electrons. The summed E-state index contributed by atoms with van der Waals surface area (Å²) in [5.74, 6) is -1.13. The third-order valence-electron chi connectivity index (χ3n) is 3.43. The van der Waals surface area contributed by atoms with Crippen molar-refractivity contribution in [3.63, 3.8) is 0 Å². The summed E-state index contributed by atoms with van der Waals surface area (Å²) in [5.41, 5.74) is 1.02. The highest BCUT2D eigenvalue weighted by Crippen LogP contribution is 2.25. The van der Waals surface area contributed by atoms with Crippen molar-refractivity contribution in [1.29, 1.82) is 0 Å². The first kappa shape index (κ1) is 13.3. The fourth-order valence-corrected chi connectivity index (χ4v) is 2.03. The predicted molar refractivity (Wildman–Crippen MR) is 70.6 cm³/mol. The van der Waals surface area contributed by atoms with E-state index in [1.54, 1.807) is 24.2 Å². The van der Waals surface area contributed by atoms with Crippen LogP contribution in [0.4, 0.5) is 0 Å². The smallest absolute Gasteiger partial charge is 0.328 e. The minimum absolute atomic E-state index is 0.0860. The van der Waals surface area contributed by atoms with Crippen LogP contribution in [0.15, 0.2) is 24.5 Å². The quantitative estimate of drug-likeness (QED) is 0.838. The molecule has 2 rings (SSSR count). The van der Waals surface area contributed by atoms with Crippen molar-refractivity contribution in [2.24, 2.45) is 0 Å². The first-order valence-electron chi connectivity index (χ1n) is 6.22. The van der Waals surface area contributed by atoms with Crippen LogP contribution >= 0.6 is 0 Å². The van der Waals surface area contributed by atoms with E-state index in [9.17, 15) is 9.59 Å². The van der Waals surface area contributed by atoms with E-state index in [1.807, 2.05) is 0 Å². The van der Waals surface area contributed by atoms with Gasteiger partial charge in [0.25, 0.3) is 5.91 Å². The van der Waals surface area contributed by atoms with Crippen molar-refractivity contribution >= 4 is 18.0 Å². The number of carbonyl (C=O) groups excluding carboxylic acids is 1. The van der Waals surface area contributed by atoms with E-state index in [1.165, 1.54) is 12.3 Å². The summed E-state index contributed by atoms with van der Waals surface area (Å²) in [6, 6.07) is 1.93. The van der Waals surface area contributed by atoms with Crippen molar-refractivity contribution in [2.45, 2.75) is 25.3 Å². The Morgan fingerprint density at radius 2 is 2.21 bits per heavy atom. The first-order valence-corrected chi connectivity index (χ1v) is 6.22. The van der Waals surface area contributed by atoms with Gasteiger partial charge in [-0.1, -0.05) is 0 Å². The maximum absolute atomic E-state index is 12.4. The molecule has 0 bridgehead atoms. The number of hydrogen-bond donors (Lipinski definition) is 1. The molecule has 0 atom stereocenters. The Balaban J connectivity index is 2.23. The Morgan fingerprint density at radius 1 is 1.47 bits per heavy atom. The molecule has 1 aromatic rings. The zero-order chi connectivity index (χ0) is 13.8. The fourth-order valence-electron chi connectivity index (χ4n) is 2.03. The number of rotatable bonds is 4. The molecule has 0 radical (unpaired) electrons. The number of aliphatic carboxylic acids is 1. The van der Waals surface area contributed by atoms with Crippen molar-refractivity contribution in [3.05, 3.63) is 35.7 Å². The van der Waals surface area contributed by atoms with E-state index in [2.05, 4.69) is 4.98 Å². The number of aromatic nitrogens is 1. The van der Waals surface area contributed by atoms with Crippen molar-refractivity contribution in [3.8, 4) is 0 Å². The highest BCUT2D eigenvalue weighted by atomic mass is 16.4. The van der Waals surface area contributed by atoms with Crippen LogP contribution in [0.2, 0.25) is 0 Å². The van der Waals surface area contributed by atoms with Crippen LogP contribution in [0.1, 0.15) is 35.2 Å². The maximum Gasteiger partial charge on any atom is 0.328 e. The van der Waals surface area contributed by atoms with Crippen LogP contribution < -0.4 is 0 Å². The summed E-state index contributed by atoms with van der Waals surface area (Å²) in [6.45, 7) is 0. The molecule has 1 aromatic heterocycles. The normalized spacial score (nSPS) is 15.2. The van der Waals surface area contributed by atoms with Gasteiger partial charge >= 0.3 is 5.97 Å². The number of hydrogen-bond acceptors (Lipinski definition) is 3. The molecular formula is C14H16N2O3. The SMILES string of the molecule is CN(C(=O)c1ccncc1/C=C/C(=O)O)C1CCC1.